The highest BCUT2D eigenvalue weighted by Gasteiger charge is 2.37. The van der Waals surface area contributed by atoms with Crippen LogP contribution in [0.1, 0.15) is 19.3 Å². The lowest BCUT2D eigenvalue weighted by molar-refractivity contribution is -0.120. The molecule has 2 aromatic carbocycles. The predicted octanol–water partition coefficient (Wildman–Crippen LogP) is 4.28. The van der Waals surface area contributed by atoms with Gasteiger partial charge in [0.2, 0.25) is 15.9 Å². The molecule has 1 aliphatic rings. The molecule has 3 rings (SSSR count). The number of sulfonamides is 1. The number of amides is 1. The Morgan fingerprint density at radius 1 is 1.15 bits per heavy atom. The van der Waals surface area contributed by atoms with E-state index in [9.17, 15) is 13.2 Å². The first-order valence-corrected chi connectivity index (χ1v) is 10.8. The van der Waals surface area contributed by atoms with Crippen LogP contribution in [0.3, 0.4) is 0 Å². The van der Waals surface area contributed by atoms with Gasteiger partial charge in [-0.1, -0.05) is 52.2 Å². The number of rotatable bonds is 4. The van der Waals surface area contributed by atoms with Crippen molar-refractivity contribution < 1.29 is 13.2 Å². The maximum absolute atomic E-state index is 13.0. The Morgan fingerprint density at radius 2 is 1.88 bits per heavy atom. The van der Waals surface area contributed by atoms with Gasteiger partial charge in [0.05, 0.1) is 15.6 Å². The molecule has 1 unspecified atom stereocenters. The number of hydrogen-bond donors (Lipinski definition) is 1. The van der Waals surface area contributed by atoms with Crippen molar-refractivity contribution in [2.24, 2.45) is 0 Å². The van der Waals surface area contributed by atoms with Gasteiger partial charge < -0.3 is 5.32 Å². The van der Waals surface area contributed by atoms with Crippen molar-refractivity contribution in [3.63, 3.8) is 0 Å². The summed E-state index contributed by atoms with van der Waals surface area (Å²) in [6.07, 6.45) is 2.01. The standard InChI is InChI=1S/C18H18BrClN2O3S/c19-13-9-10-16(15(20)12-13)21-18(23)17-8-4-5-11-22(17)26(24,25)14-6-2-1-3-7-14/h1-3,6-7,9-10,12,17H,4-5,8,11H2,(H,21,23). The summed E-state index contributed by atoms with van der Waals surface area (Å²) in [5, 5.41) is 3.15. The number of hydrogen-bond acceptors (Lipinski definition) is 3. The molecule has 0 aromatic heterocycles. The van der Waals surface area contributed by atoms with Gasteiger partial charge in [-0.15, -0.1) is 0 Å². The summed E-state index contributed by atoms with van der Waals surface area (Å²) in [6.45, 7) is 0.323. The fourth-order valence-electron chi connectivity index (χ4n) is 2.99. The van der Waals surface area contributed by atoms with E-state index in [1.54, 1.807) is 48.5 Å². The molecule has 5 nitrogen and oxygen atoms in total. The first kappa shape index (κ1) is 19.4. The van der Waals surface area contributed by atoms with Crippen LogP contribution in [-0.2, 0) is 14.8 Å². The first-order valence-electron chi connectivity index (χ1n) is 8.22. The minimum atomic E-state index is -3.73. The van der Waals surface area contributed by atoms with E-state index in [1.807, 2.05) is 0 Å². The monoisotopic (exact) mass is 456 g/mol. The topological polar surface area (TPSA) is 66.5 Å². The Balaban J connectivity index is 1.86. The van der Waals surface area contributed by atoms with Gasteiger partial charge in [-0.25, -0.2) is 8.42 Å². The summed E-state index contributed by atoms with van der Waals surface area (Å²) < 4.78 is 28.1. The summed E-state index contributed by atoms with van der Waals surface area (Å²) >= 11 is 9.47. The number of halogens is 2. The van der Waals surface area contributed by atoms with Crippen LogP contribution < -0.4 is 5.32 Å². The van der Waals surface area contributed by atoms with E-state index in [4.69, 9.17) is 11.6 Å². The number of benzene rings is 2. The lowest BCUT2D eigenvalue weighted by Gasteiger charge is -2.33. The van der Waals surface area contributed by atoms with Crippen LogP contribution in [0, 0.1) is 0 Å². The van der Waals surface area contributed by atoms with E-state index in [0.29, 0.717) is 23.7 Å². The molecular formula is C18H18BrClN2O3S. The van der Waals surface area contributed by atoms with Gasteiger partial charge in [0.25, 0.3) is 0 Å². The van der Waals surface area contributed by atoms with Crippen molar-refractivity contribution in [2.45, 2.75) is 30.2 Å². The summed E-state index contributed by atoms with van der Waals surface area (Å²) in [4.78, 5) is 13.0. The van der Waals surface area contributed by atoms with E-state index < -0.39 is 16.1 Å². The Kier molecular flexibility index (Phi) is 6.02. The number of anilines is 1. The highest BCUT2D eigenvalue weighted by Crippen LogP contribution is 2.29. The molecule has 138 valence electrons. The van der Waals surface area contributed by atoms with Gasteiger partial charge in [0, 0.05) is 11.0 Å². The van der Waals surface area contributed by atoms with E-state index in [2.05, 4.69) is 21.2 Å². The lowest BCUT2D eigenvalue weighted by Crippen LogP contribution is -2.49. The van der Waals surface area contributed by atoms with Gasteiger partial charge >= 0.3 is 0 Å². The predicted molar refractivity (Wildman–Crippen MR) is 106 cm³/mol. The average Bonchev–Trinajstić information content (AvgIpc) is 2.64. The number of nitrogens with one attached hydrogen (secondary N) is 1. The summed E-state index contributed by atoms with van der Waals surface area (Å²) in [5.74, 6) is -0.367. The minimum Gasteiger partial charge on any atom is -0.323 e. The van der Waals surface area contributed by atoms with Gasteiger partial charge in [-0.05, 0) is 43.2 Å². The molecule has 26 heavy (non-hydrogen) atoms. The fourth-order valence-corrected chi connectivity index (χ4v) is 5.39. The molecule has 1 fully saturated rings. The smallest absolute Gasteiger partial charge is 0.243 e. The third-order valence-corrected chi connectivity index (χ3v) is 7.02. The van der Waals surface area contributed by atoms with E-state index >= 15 is 0 Å². The van der Waals surface area contributed by atoms with Crippen LogP contribution in [0.4, 0.5) is 5.69 Å². The van der Waals surface area contributed by atoms with Crippen LogP contribution in [0.15, 0.2) is 57.9 Å². The molecule has 1 atom stereocenters. The Morgan fingerprint density at radius 3 is 2.58 bits per heavy atom. The second-order valence-corrected chi connectivity index (χ2v) is 9.27. The molecule has 1 aliphatic heterocycles. The molecule has 0 aliphatic carbocycles. The Hall–Kier alpha value is -1.41. The maximum Gasteiger partial charge on any atom is 0.243 e. The van der Waals surface area contributed by atoms with Crippen molar-refractivity contribution in [1.29, 1.82) is 0 Å². The molecule has 1 heterocycles. The van der Waals surface area contributed by atoms with Crippen LogP contribution >= 0.6 is 27.5 Å². The number of nitrogens with zero attached hydrogens (tertiary/aromatic N) is 1. The molecule has 1 amide bonds. The molecule has 0 radical (unpaired) electrons. The molecule has 1 N–H and O–H groups in total. The van der Waals surface area contributed by atoms with Crippen molar-refractivity contribution in [2.75, 3.05) is 11.9 Å². The van der Waals surface area contributed by atoms with Gasteiger partial charge in [0.1, 0.15) is 6.04 Å². The molecule has 0 saturated carbocycles. The van der Waals surface area contributed by atoms with Gasteiger partial charge in [0.15, 0.2) is 0 Å². The van der Waals surface area contributed by atoms with Gasteiger partial charge in [-0.2, -0.15) is 4.31 Å². The minimum absolute atomic E-state index is 0.196. The zero-order valence-corrected chi connectivity index (χ0v) is 17.0. The van der Waals surface area contributed by atoms with Crippen molar-refractivity contribution in [1.82, 2.24) is 4.31 Å². The van der Waals surface area contributed by atoms with Crippen molar-refractivity contribution in [3.8, 4) is 0 Å². The SMILES string of the molecule is O=C(Nc1ccc(Br)cc1Cl)C1CCCCN1S(=O)(=O)c1ccccc1. The van der Waals surface area contributed by atoms with E-state index in [1.165, 1.54) is 4.31 Å². The van der Waals surface area contributed by atoms with E-state index in [-0.39, 0.29) is 10.8 Å². The molecule has 8 heteroatoms. The van der Waals surface area contributed by atoms with Crippen molar-refractivity contribution in [3.05, 3.63) is 58.0 Å². The molecule has 0 spiro atoms. The molecule has 2 aromatic rings. The number of carbonyl (C=O) groups is 1. The summed E-state index contributed by atoms with van der Waals surface area (Å²) in [6, 6.07) is 12.6. The molecule has 0 bridgehead atoms. The Labute approximate surface area is 166 Å². The van der Waals surface area contributed by atoms with Gasteiger partial charge in [-0.3, -0.25) is 4.79 Å². The normalized spacial score (nSPS) is 18.5. The third kappa shape index (κ3) is 4.11. The van der Waals surface area contributed by atoms with Crippen LogP contribution in [-0.4, -0.2) is 31.2 Å². The first-order chi connectivity index (χ1) is 12.4. The maximum atomic E-state index is 13.0. The second-order valence-electron chi connectivity index (χ2n) is 6.05. The van der Waals surface area contributed by atoms with Crippen LogP contribution in [0.5, 0.6) is 0 Å². The average molecular weight is 458 g/mol. The Bertz CT molecular complexity index is 906. The fraction of sp³-hybridized carbons (Fsp3) is 0.278. The lowest BCUT2D eigenvalue weighted by atomic mass is 10.0. The van der Waals surface area contributed by atoms with Crippen molar-refractivity contribution >= 4 is 49.1 Å². The number of piperidine rings is 1. The van der Waals surface area contributed by atoms with Crippen LogP contribution in [0.2, 0.25) is 5.02 Å². The zero-order valence-electron chi connectivity index (χ0n) is 13.9. The largest absolute Gasteiger partial charge is 0.323 e. The molecule has 1 saturated heterocycles. The van der Waals surface area contributed by atoms with E-state index in [0.717, 1.165) is 17.3 Å². The highest BCUT2D eigenvalue weighted by atomic mass is 79.9. The number of carbonyl (C=O) groups excluding carboxylic acids is 1. The summed E-state index contributed by atoms with van der Waals surface area (Å²) in [5.41, 5.74) is 0.461. The molecular weight excluding hydrogens is 440 g/mol. The second kappa shape index (κ2) is 8.08. The third-order valence-electron chi connectivity index (χ3n) is 4.30. The highest BCUT2D eigenvalue weighted by molar-refractivity contribution is 9.10. The summed E-state index contributed by atoms with van der Waals surface area (Å²) in [7, 11) is -3.73. The zero-order chi connectivity index (χ0) is 18.7. The van der Waals surface area contributed by atoms with Crippen LogP contribution in [0.25, 0.3) is 0 Å². The quantitative estimate of drug-likeness (QED) is 0.745.